The van der Waals surface area contributed by atoms with Crippen LogP contribution in [0.3, 0.4) is 0 Å². The summed E-state index contributed by atoms with van der Waals surface area (Å²) in [5, 5.41) is 13.9. The minimum Gasteiger partial charge on any atom is -0.491 e. The van der Waals surface area contributed by atoms with Gasteiger partial charge in [-0.05, 0) is 19.9 Å². The first-order valence-electron chi connectivity index (χ1n) is 6.18. The predicted octanol–water partition coefficient (Wildman–Crippen LogP) is 2.12. The van der Waals surface area contributed by atoms with E-state index in [2.05, 4.69) is 5.32 Å². The molecule has 6 heteroatoms. The van der Waals surface area contributed by atoms with E-state index in [4.69, 9.17) is 9.47 Å². The summed E-state index contributed by atoms with van der Waals surface area (Å²) in [5.41, 5.74) is 0.846. The van der Waals surface area contributed by atoms with E-state index in [1.807, 2.05) is 13.8 Å². The third-order valence-corrected chi connectivity index (χ3v) is 2.42. The molecule has 1 aromatic rings. The molecule has 0 spiro atoms. The van der Waals surface area contributed by atoms with E-state index >= 15 is 0 Å². The molecule has 0 aliphatic carbocycles. The van der Waals surface area contributed by atoms with Crippen LogP contribution < -0.4 is 10.1 Å². The Bertz CT molecular complexity index is 421. The second kappa shape index (κ2) is 7.70. The number of nitro benzene ring substituents is 1. The smallest absolute Gasteiger partial charge is 0.270 e. The van der Waals surface area contributed by atoms with Crippen LogP contribution >= 0.6 is 0 Å². The molecule has 0 unspecified atom stereocenters. The van der Waals surface area contributed by atoms with E-state index in [0.29, 0.717) is 25.4 Å². The van der Waals surface area contributed by atoms with Crippen LogP contribution in [0, 0.1) is 10.1 Å². The van der Waals surface area contributed by atoms with Crippen molar-refractivity contribution in [1.29, 1.82) is 0 Å². The molecule has 0 heterocycles. The van der Waals surface area contributed by atoms with E-state index in [1.165, 1.54) is 12.1 Å². The maximum atomic E-state index is 10.8. The molecule has 1 N–H and O–H groups in total. The zero-order chi connectivity index (χ0) is 14.3. The highest BCUT2D eigenvalue weighted by Crippen LogP contribution is 2.25. The van der Waals surface area contributed by atoms with E-state index in [-0.39, 0.29) is 11.8 Å². The lowest BCUT2D eigenvalue weighted by Crippen LogP contribution is -2.19. The Kier molecular flexibility index (Phi) is 6.24. The normalized spacial score (nSPS) is 10.7. The molecule has 106 valence electrons. The number of ether oxygens (including phenoxy) is 2. The summed E-state index contributed by atoms with van der Waals surface area (Å²) in [5.74, 6) is 0.672. The second-order valence-electron chi connectivity index (χ2n) is 4.39. The van der Waals surface area contributed by atoms with Crippen LogP contribution in [0.1, 0.15) is 19.4 Å². The van der Waals surface area contributed by atoms with Crippen molar-refractivity contribution in [3.63, 3.8) is 0 Å². The maximum absolute atomic E-state index is 10.8. The summed E-state index contributed by atoms with van der Waals surface area (Å²) >= 11 is 0. The fourth-order valence-electron chi connectivity index (χ4n) is 1.58. The Morgan fingerprint density at radius 2 is 2.16 bits per heavy atom. The van der Waals surface area contributed by atoms with Crippen molar-refractivity contribution in [2.45, 2.75) is 26.5 Å². The van der Waals surface area contributed by atoms with Crippen LogP contribution in [-0.2, 0) is 11.3 Å². The average Bonchev–Trinajstić information content (AvgIpc) is 2.35. The molecule has 0 saturated heterocycles. The molecule has 1 rings (SSSR count). The van der Waals surface area contributed by atoms with Gasteiger partial charge in [0.2, 0.25) is 0 Å². The fraction of sp³-hybridized carbons (Fsp3) is 0.538. The zero-order valence-corrected chi connectivity index (χ0v) is 11.5. The summed E-state index contributed by atoms with van der Waals surface area (Å²) in [6.45, 7) is 5.62. The van der Waals surface area contributed by atoms with Gasteiger partial charge in [-0.1, -0.05) is 0 Å². The van der Waals surface area contributed by atoms with Crippen molar-refractivity contribution in [3.05, 3.63) is 33.9 Å². The Morgan fingerprint density at radius 3 is 2.74 bits per heavy atom. The third-order valence-electron chi connectivity index (χ3n) is 2.42. The molecule has 0 aromatic heterocycles. The van der Waals surface area contributed by atoms with Gasteiger partial charge in [-0.25, -0.2) is 0 Å². The molecule has 0 saturated carbocycles. The minimum atomic E-state index is -0.405. The average molecular weight is 268 g/mol. The molecule has 6 nitrogen and oxygen atoms in total. The number of hydrogen-bond donors (Lipinski definition) is 1. The Labute approximate surface area is 112 Å². The second-order valence-corrected chi connectivity index (χ2v) is 4.39. The van der Waals surface area contributed by atoms with Crippen LogP contribution in [0.4, 0.5) is 5.69 Å². The quantitative estimate of drug-likeness (QED) is 0.444. The third kappa shape index (κ3) is 5.23. The number of methoxy groups -OCH3 is 1. The van der Waals surface area contributed by atoms with E-state index < -0.39 is 4.92 Å². The van der Waals surface area contributed by atoms with E-state index in [0.717, 1.165) is 5.56 Å². The van der Waals surface area contributed by atoms with Crippen molar-refractivity contribution in [3.8, 4) is 5.75 Å². The molecule has 1 aromatic carbocycles. The standard InChI is InChI=1S/C13H20N2O4/c1-10(2)19-13-5-4-12(15(16)17)8-11(13)9-14-6-7-18-3/h4-5,8,10,14H,6-7,9H2,1-3H3. The van der Waals surface area contributed by atoms with Gasteiger partial charge in [0, 0.05) is 37.9 Å². The van der Waals surface area contributed by atoms with Gasteiger partial charge < -0.3 is 14.8 Å². The van der Waals surface area contributed by atoms with Crippen molar-refractivity contribution < 1.29 is 14.4 Å². The minimum absolute atomic E-state index is 0.0270. The molecule has 0 aliphatic heterocycles. The monoisotopic (exact) mass is 268 g/mol. The van der Waals surface area contributed by atoms with Gasteiger partial charge in [-0.2, -0.15) is 0 Å². The first kappa shape index (κ1) is 15.4. The van der Waals surface area contributed by atoms with Gasteiger partial charge in [0.25, 0.3) is 5.69 Å². The Hall–Kier alpha value is -1.66. The van der Waals surface area contributed by atoms with Crippen LogP contribution in [-0.4, -0.2) is 31.3 Å². The number of nitrogens with zero attached hydrogens (tertiary/aromatic N) is 1. The molecular formula is C13H20N2O4. The first-order chi connectivity index (χ1) is 9.04. The van der Waals surface area contributed by atoms with Crippen molar-refractivity contribution in [1.82, 2.24) is 5.32 Å². The van der Waals surface area contributed by atoms with Gasteiger partial charge in [0.15, 0.2) is 0 Å². The number of nitrogens with one attached hydrogen (secondary N) is 1. The van der Waals surface area contributed by atoms with Crippen LogP contribution in [0.15, 0.2) is 18.2 Å². The summed E-state index contributed by atoms with van der Waals surface area (Å²) in [6.07, 6.45) is 0.0270. The number of benzene rings is 1. The van der Waals surface area contributed by atoms with Gasteiger partial charge >= 0.3 is 0 Å². The molecule has 0 aliphatic rings. The Morgan fingerprint density at radius 1 is 1.42 bits per heavy atom. The van der Waals surface area contributed by atoms with Crippen LogP contribution in [0.5, 0.6) is 5.75 Å². The highest BCUT2D eigenvalue weighted by molar-refractivity contribution is 5.43. The molecule has 0 atom stereocenters. The summed E-state index contributed by atoms with van der Waals surface area (Å²) in [7, 11) is 1.63. The summed E-state index contributed by atoms with van der Waals surface area (Å²) in [4.78, 5) is 10.4. The van der Waals surface area contributed by atoms with E-state index in [1.54, 1.807) is 13.2 Å². The van der Waals surface area contributed by atoms with Gasteiger partial charge in [0.1, 0.15) is 5.75 Å². The van der Waals surface area contributed by atoms with E-state index in [9.17, 15) is 10.1 Å². The molecular weight excluding hydrogens is 248 g/mol. The maximum Gasteiger partial charge on any atom is 0.270 e. The number of nitro groups is 1. The molecule has 0 amide bonds. The predicted molar refractivity (Wildman–Crippen MR) is 72.4 cm³/mol. The molecule has 0 fully saturated rings. The Balaban J connectivity index is 2.81. The number of non-ortho nitro benzene ring substituents is 1. The highest BCUT2D eigenvalue weighted by Gasteiger charge is 2.12. The zero-order valence-electron chi connectivity index (χ0n) is 11.5. The molecule has 0 bridgehead atoms. The van der Waals surface area contributed by atoms with Gasteiger partial charge in [-0.3, -0.25) is 10.1 Å². The summed E-state index contributed by atoms with van der Waals surface area (Å²) < 4.78 is 10.6. The lowest BCUT2D eigenvalue weighted by molar-refractivity contribution is -0.384. The lowest BCUT2D eigenvalue weighted by atomic mass is 10.1. The van der Waals surface area contributed by atoms with Gasteiger partial charge in [-0.15, -0.1) is 0 Å². The molecule has 19 heavy (non-hydrogen) atoms. The van der Waals surface area contributed by atoms with Crippen molar-refractivity contribution >= 4 is 5.69 Å². The van der Waals surface area contributed by atoms with Crippen molar-refractivity contribution in [2.24, 2.45) is 0 Å². The lowest BCUT2D eigenvalue weighted by Gasteiger charge is -2.14. The van der Waals surface area contributed by atoms with Crippen LogP contribution in [0.25, 0.3) is 0 Å². The number of rotatable bonds is 8. The summed E-state index contributed by atoms with van der Waals surface area (Å²) in [6, 6.07) is 4.64. The van der Waals surface area contributed by atoms with Crippen molar-refractivity contribution in [2.75, 3.05) is 20.3 Å². The SMILES string of the molecule is COCCNCc1cc([N+](=O)[O-])ccc1OC(C)C. The van der Waals surface area contributed by atoms with Crippen LogP contribution in [0.2, 0.25) is 0 Å². The number of hydrogen-bond acceptors (Lipinski definition) is 5. The molecule has 0 radical (unpaired) electrons. The first-order valence-corrected chi connectivity index (χ1v) is 6.18. The highest BCUT2D eigenvalue weighted by atomic mass is 16.6. The largest absolute Gasteiger partial charge is 0.491 e. The van der Waals surface area contributed by atoms with Gasteiger partial charge in [0.05, 0.1) is 17.6 Å². The fourth-order valence-corrected chi connectivity index (χ4v) is 1.58. The topological polar surface area (TPSA) is 73.6 Å².